The maximum atomic E-state index is 5.71. The van der Waals surface area contributed by atoms with E-state index in [4.69, 9.17) is 10.6 Å². The number of nitrogens with two attached hydrogens (primary N) is 1. The van der Waals surface area contributed by atoms with E-state index in [0.717, 1.165) is 11.3 Å². The summed E-state index contributed by atoms with van der Waals surface area (Å²) in [6.07, 6.45) is 4.11. The fraction of sp³-hybridized carbons (Fsp3) is 0.455. The Morgan fingerprint density at radius 2 is 1.93 bits per heavy atom. The van der Waals surface area contributed by atoms with Crippen LogP contribution in [-0.4, -0.2) is 6.10 Å². The molecule has 1 fully saturated rings. The zero-order chi connectivity index (χ0) is 9.80. The van der Waals surface area contributed by atoms with Crippen molar-refractivity contribution in [3.63, 3.8) is 0 Å². The van der Waals surface area contributed by atoms with Crippen LogP contribution in [0.2, 0.25) is 0 Å². The van der Waals surface area contributed by atoms with Crippen LogP contribution in [0.15, 0.2) is 24.3 Å². The van der Waals surface area contributed by atoms with E-state index in [1.165, 1.54) is 19.3 Å². The maximum Gasteiger partial charge on any atom is 0.119 e. The van der Waals surface area contributed by atoms with Crippen LogP contribution in [-0.2, 0) is 11.4 Å². The van der Waals surface area contributed by atoms with Crippen LogP contribution >= 0.6 is 0 Å². The lowest BCUT2D eigenvalue weighted by Gasteiger charge is -2.26. The fourth-order valence-electron chi connectivity index (χ4n) is 1.44. The van der Waals surface area contributed by atoms with Crippen LogP contribution in [0.5, 0.6) is 5.75 Å². The Hall–Kier alpha value is -1.06. The van der Waals surface area contributed by atoms with Gasteiger partial charge in [0.15, 0.2) is 0 Å². The Morgan fingerprint density at radius 1 is 1.21 bits per heavy atom. The molecular formula is C11H15NO2. The van der Waals surface area contributed by atoms with Crippen molar-refractivity contribution in [1.82, 2.24) is 0 Å². The van der Waals surface area contributed by atoms with Crippen molar-refractivity contribution in [2.75, 3.05) is 0 Å². The van der Waals surface area contributed by atoms with E-state index < -0.39 is 0 Å². The first-order valence-electron chi connectivity index (χ1n) is 4.96. The predicted octanol–water partition coefficient (Wildman–Crippen LogP) is 2.01. The molecule has 2 rings (SSSR count). The highest BCUT2D eigenvalue weighted by Gasteiger charge is 2.18. The van der Waals surface area contributed by atoms with Crippen LogP contribution in [0, 0.1) is 0 Å². The average Bonchev–Trinajstić information content (AvgIpc) is 2.14. The highest BCUT2D eigenvalue weighted by atomic mass is 16.6. The molecule has 0 atom stereocenters. The normalized spacial score (nSPS) is 16.4. The molecule has 0 aromatic heterocycles. The van der Waals surface area contributed by atoms with Crippen LogP contribution in [0.25, 0.3) is 0 Å². The molecule has 76 valence electrons. The molecule has 1 saturated carbocycles. The van der Waals surface area contributed by atoms with Gasteiger partial charge in [-0.05, 0) is 37.0 Å². The second-order valence-corrected chi connectivity index (χ2v) is 3.63. The van der Waals surface area contributed by atoms with Crippen LogP contribution in [0.3, 0.4) is 0 Å². The minimum absolute atomic E-state index is 0.437. The van der Waals surface area contributed by atoms with Crippen LogP contribution < -0.4 is 10.6 Å². The molecule has 0 heterocycles. The van der Waals surface area contributed by atoms with Gasteiger partial charge in [-0.2, -0.15) is 0 Å². The standard InChI is InChI=1S/C11H15NO2/c12-13-8-9-4-6-11(7-5-9)14-10-2-1-3-10/h4-7,10H,1-3,8,12H2. The largest absolute Gasteiger partial charge is 0.490 e. The van der Waals surface area contributed by atoms with Crippen molar-refractivity contribution < 1.29 is 9.57 Å². The fourth-order valence-corrected chi connectivity index (χ4v) is 1.44. The van der Waals surface area contributed by atoms with Gasteiger partial charge >= 0.3 is 0 Å². The average molecular weight is 193 g/mol. The van der Waals surface area contributed by atoms with E-state index >= 15 is 0 Å². The Kier molecular flexibility index (Phi) is 3.01. The van der Waals surface area contributed by atoms with Crippen molar-refractivity contribution in [2.45, 2.75) is 32.0 Å². The summed E-state index contributed by atoms with van der Waals surface area (Å²) >= 11 is 0. The SMILES string of the molecule is NOCc1ccc(OC2CCC2)cc1. The van der Waals surface area contributed by atoms with Crippen LogP contribution in [0.4, 0.5) is 0 Å². The summed E-state index contributed by atoms with van der Waals surface area (Å²) in [6, 6.07) is 7.88. The molecule has 0 unspecified atom stereocenters. The lowest BCUT2D eigenvalue weighted by atomic mass is 9.96. The molecule has 1 aromatic rings. The molecule has 14 heavy (non-hydrogen) atoms. The Labute approximate surface area is 83.8 Å². The van der Waals surface area contributed by atoms with Gasteiger partial charge in [0, 0.05) is 0 Å². The van der Waals surface area contributed by atoms with E-state index in [1.807, 2.05) is 24.3 Å². The van der Waals surface area contributed by atoms with E-state index in [-0.39, 0.29) is 0 Å². The topological polar surface area (TPSA) is 44.5 Å². The third-order valence-electron chi connectivity index (χ3n) is 2.53. The van der Waals surface area contributed by atoms with Gasteiger partial charge in [0.05, 0.1) is 12.7 Å². The molecular weight excluding hydrogens is 178 g/mol. The molecule has 1 aliphatic carbocycles. The molecule has 1 aromatic carbocycles. The highest BCUT2D eigenvalue weighted by Crippen LogP contribution is 2.25. The summed E-state index contributed by atoms with van der Waals surface area (Å²) in [6.45, 7) is 0.448. The van der Waals surface area contributed by atoms with Crippen molar-refractivity contribution >= 4 is 0 Å². The monoisotopic (exact) mass is 193 g/mol. The molecule has 0 radical (unpaired) electrons. The molecule has 0 aliphatic heterocycles. The van der Waals surface area contributed by atoms with E-state index in [9.17, 15) is 0 Å². The number of hydrogen-bond donors (Lipinski definition) is 1. The van der Waals surface area contributed by atoms with Gasteiger partial charge in [-0.3, -0.25) is 4.84 Å². The highest BCUT2D eigenvalue weighted by molar-refractivity contribution is 5.27. The van der Waals surface area contributed by atoms with E-state index in [0.29, 0.717) is 12.7 Å². The molecule has 0 spiro atoms. The number of rotatable bonds is 4. The van der Waals surface area contributed by atoms with Gasteiger partial charge in [-0.25, -0.2) is 5.90 Å². The molecule has 2 N–H and O–H groups in total. The van der Waals surface area contributed by atoms with Crippen molar-refractivity contribution in [3.05, 3.63) is 29.8 Å². The first-order valence-corrected chi connectivity index (χ1v) is 4.96. The van der Waals surface area contributed by atoms with Crippen molar-refractivity contribution in [1.29, 1.82) is 0 Å². The summed E-state index contributed by atoms with van der Waals surface area (Å²) in [4.78, 5) is 4.54. The van der Waals surface area contributed by atoms with Gasteiger partial charge in [0.2, 0.25) is 0 Å². The molecule has 0 amide bonds. The van der Waals surface area contributed by atoms with Gasteiger partial charge in [0.25, 0.3) is 0 Å². The number of hydrogen-bond acceptors (Lipinski definition) is 3. The molecule has 0 saturated heterocycles. The number of ether oxygens (including phenoxy) is 1. The summed E-state index contributed by atoms with van der Waals surface area (Å²) in [5.41, 5.74) is 1.06. The second kappa shape index (κ2) is 4.44. The third-order valence-corrected chi connectivity index (χ3v) is 2.53. The van der Waals surface area contributed by atoms with Gasteiger partial charge in [0.1, 0.15) is 5.75 Å². The lowest BCUT2D eigenvalue weighted by Crippen LogP contribution is -2.24. The van der Waals surface area contributed by atoms with Crippen molar-refractivity contribution in [3.8, 4) is 5.75 Å². The van der Waals surface area contributed by atoms with Gasteiger partial charge in [-0.15, -0.1) is 0 Å². The molecule has 3 nitrogen and oxygen atoms in total. The first kappa shape index (κ1) is 9.49. The summed E-state index contributed by atoms with van der Waals surface area (Å²) in [5.74, 6) is 5.92. The van der Waals surface area contributed by atoms with Crippen molar-refractivity contribution in [2.24, 2.45) is 5.90 Å². The first-order chi connectivity index (χ1) is 6.88. The van der Waals surface area contributed by atoms with Gasteiger partial charge < -0.3 is 4.74 Å². The van der Waals surface area contributed by atoms with E-state index in [1.54, 1.807) is 0 Å². The summed E-state index contributed by atoms with van der Waals surface area (Å²) in [5, 5.41) is 0. The number of benzene rings is 1. The maximum absolute atomic E-state index is 5.71. The van der Waals surface area contributed by atoms with E-state index in [2.05, 4.69) is 4.84 Å². The second-order valence-electron chi connectivity index (χ2n) is 3.63. The Balaban J connectivity index is 1.91. The zero-order valence-corrected chi connectivity index (χ0v) is 8.11. The minimum atomic E-state index is 0.437. The third kappa shape index (κ3) is 2.25. The Morgan fingerprint density at radius 3 is 2.43 bits per heavy atom. The van der Waals surface area contributed by atoms with Crippen LogP contribution in [0.1, 0.15) is 24.8 Å². The molecule has 0 bridgehead atoms. The lowest BCUT2D eigenvalue weighted by molar-refractivity contribution is 0.118. The minimum Gasteiger partial charge on any atom is -0.490 e. The summed E-state index contributed by atoms with van der Waals surface area (Å²) < 4.78 is 5.71. The predicted molar refractivity (Wildman–Crippen MR) is 53.7 cm³/mol. The smallest absolute Gasteiger partial charge is 0.119 e. The molecule has 1 aliphatic rings. The molecule has 3 heteroatoms. The Bertz CT molecular complexity index is 280. The van der Waals surface area contributed by atoms with Gasteiger partial charge in [-0.1, -0.05) is 12.1 Å². The zero-order valence-electron chi connectivity index (χ0n) is 8.11. The summed E-state index contributed by atoms with van der Waals surface area (Å²) in [7, 11) is 0. The quantitative estimate of drug-likeness (QED) is 0.744.